The molecule has 2 rings (SSSR count). The third-order valence-corrected chi connectivity index (χ3v) is 3.77. The van der Waals surface area contributed by atoms with E-state index in [1.54, 1.807) is 20.1 Å². The molecule has 0 spiro atoms. The van der Waals surface area contributed by atoms with Crippen molar-refractivity contribution in [3.8, 4) is 11.5 Å². The second kappa shape index (κ2) is 5.83. The van der Waals surface area contributed by atoms with Crippen molar-refractivity contribution in [2.75, 3.05) is 27.2 Å². The van der Waals surface area contributed by atoms with Gasteiger partial charge in [-0.25, -0.2) is 0 Å². The molecule has 0 saturated carbocycles. The van der Waals surface area contributed by atoms with E-state index in [2.05, 4.69) is 18.9 Å². The number of piperidine rings is 1. The Kier molecular flexibility index (Phi) is 4.33. The number of ether oxygens (including phenoxy) is 2. The van der Waals surface area contributed by atoms with Crippen molar-refractivity contribution >= 4 is 5.78 Å². The van der Waals surface area contributed by atoms with Crippen molar-refractivity contribution in [3.05, 3.63) is 23.8 Å². The molecule has 0 N–H and O–H groups in total. The quantitative estimate of drug-likeness (QED) is 0.793. The van der Waals surface area contributed by atoms with Gasteiger partial charge in [-0.05, 0) is 58.5 Å². The molecule has 0 radical (unpaired) electrons. The van der Waals surface area contributed by atoms with Gasteiger partial charge in [0.25, 0.3) is 0 Å². The molecule has 0 aromatic heterocycles. The Morgan fingerprint density at radius 3 is 2.75 bits per heavy atom. The first-order valence-electron chi connectivity index (χ1n) is 7.00. The molecule has 110 valence electrons. The predicted molar refractivity (Wildman–Crippen MR) is 78.8 cm³/mol. The first kappa shape index (κ1) is 14.9. The van der Waals surface area contributed by atoms with E-state index in [0.717, 1.165) is 25.9 Å². The van der Waals surface area contributed by atoms with Crippen molar-refractivity contribution < 1.29 is 14.3 Å². The van der Waals surface area contributed by atoms with Crippen molar-refractivity contribution in [1.82, 2.24) is 4.90 Å². The lowest BCUT2D eigenvalue weighted by Crippen LogP contribution is -2.48. The zero-order valence-electron chi connectivity index (χ0n) is 12.7. The van der Waals surface area contributed by atoms with E-state index in [1.165, 1.54) is 0 Å². The Bertz CT molecular complexity index is 500. The summed E-state index contributed by atoms with van der Waals surface area (Å²) in [4.78, 5) is 14.1. The average Bonchev–Trinajstić information content (AvgIpc) is 2.38. The summed E-state index contributed by atoms with van der Waals surface area (Å²) in [7, 11) is 3.69. The van der Waals surface area contributed by atoms with Gasteiger partial charge in [-0.2, -0.15) is 0 Å². The van der Waals surface area contributed by atoms with Gasteiger partial charge < -0.3 is 14.4 Å². The normalized spacial score (nSPS) is 23.4. The maximum Gasteiger partial charge on any atom is 0.163 e. The van der Waals surface area contributed by atoms with Gasteiger partial charge in [0, 0.05) is 6.54 Å². The lowest BCUT2D eigenvalue weighted by molar-refractivity contribution is 0.0150. The van der Waals surface area contributed by atoms with Crippen LogP contribution < -0.4 is 9.47 Å². The average molecular weight is 277 g/mol. The van der Waals surface area contributed by atoms with E-state index >= 15 is 0 Å². The Balaban J connectivity index is 2.26. The lowest BCUT2D eigenvalue weighted by Gasteiger charge is -2.39. The topological polar surface area (TPSA) is 38.8 Å². The smallest absolute Gasteiger partial charge is 0.163 e. The van der Waals surface area contributed by atoms with Gasteiger partial charge in [-0.3, -0.25) is 4.79 Å². The summed E-state index contributed by atoms with van der Waals surface area (Å²) >= 11 is 0. The molecule has 1 aliphatic heterocycles. The molecule has 4 heteroatoms. The van der Waals surface area contributed by atoms with Crippen LogP contribution in [0.5, 0.6) is 11.5 Å². The Hall–Kier alpha value is -1.55. The number of carbonyl (C=O) groups excluding carboxylic acids is 1. The summed E-state index contributed by atoms with van der Waals surface area (Å²) in [6.45, 7) is 5.63. The van der Waals surface area contributed by atoms with E-state index in [-0.39, 0.29) is 11.4 Å². The molecule has 20 heavy (non-hydrogen) atoms. The summed E-state index contributed by atoms with van der Waals surface area (Å²) in [5, 5.41) is 0. The number of nitrogens with zero attached hydrogens (tertiary/aromatic N) is 1. The highest BCUT2D eigenvalue weighted by atomic mass is 16.5. The molecule has 1 fully saturated rings. The lowest BCUT2D eigenvalue weighted by atomic mass is 9.95. The third-order valence-electron chi connectivity index (χ3n) is 3.77. The first-order valence-corrected chi connectivity index (χ1v) is 7.00. The van der Waals surface area contributed by atoms with Crippen LogP contribution in [0.4, 0.5) is 0 Å². The fourth-order valence-corrected chi connectivity index (χ4v) is 2.80. The molecule has 1 aliphatic rings. The molecular formula is C16H23NO3. The van der Waals surface area contributed by atoms with Crippen LogP contribution in [0.1, 0.15) is 37.0 Å². The van der Waals surface area contributed by atoms with Crippen LogP contribution >= 0.6 is 0 Å². The standard InChI is InChI=1S/C16H23NO3/c1-12(18)14-10-13(19-4)6-7-15(14)20-16(2)8-5-9-17(3)11-16/h6-7,10H,5,8-9,11H2,1-4H3. The number of hydrogen-bond acceptors (Lipinski definition) is 4. The molecule has 1 aromatic carbocycles. The minimum absolute atomic E-state index is 0.00772. The molecule has 1 saturated heterocycles. The maximum absolute atomic E-state index is 11.8. The summed E-state index contributed by atoms with van der Waals surface area (Å²) in [5.74, 6) is 1.32. The number of rotatable bonds is 4. The van der Waals surface area contributed by atoms with Gasteiger partial charge in [0.15, 0.2) is 5.78 Å². The highest BCUT2D eigenvalue weighted by molar-refractivity contribution is 5.97. The van der Waals surface area contributed by atoms with Gasteiger partial charge in [0.1, 0.15) is 17.1 Å². The molecule has 0 bridgehead atoms. The fraction of sp³-hybridized carbons (Fsp3) is 0.562. The van der Waals surface area contributed by atoms with Crippen LogP contribution in [0, 0.1) is 0 Å². The van der Waals surface area contributed by atoms with E-state index in [0.29, 0.717) is 17.1 Å². The molecule has 4 nitrogen and oxygen atoms in total. The van der Waals surface area contributed by atoms with Gasteiger partial charge in [-0.15, -0.1) is 0 Å². The molecule has 0 aliphatic carbocycles. The number of Topliss-reactive ketones (excluding diaryl/α,β-unsaturated/α-hetero) is 1. The molecular weight excluding hydrogens is 254 g/mol. The summed E-state index contributed by atoms with van der Waals surface area (Å²) in [6, 6.07) is 5.40. The highest BCUT2D eigenvalue weighted by Crippen LogP contribution is 2.31. The van der Waals surface area contributed by atoms with Crippen LogP contribution in [0.3, 0.4) is 0 Å². The molecule has 1 aromatic rings. The second-order valence-electron chi connectivity index (χ2n) is 5.81. The number of hydrogen-bond donors (Lipinski definition) is 0. The monoisotopic (exact) mass is 277 g/mol. The van der Waals surface area contributed by atoms with Crippen LogP contribution in [0.25, 0.3) is 0 Å². The summed E-state index contributed by atoms with van der Waals surface area (Å²) < 4.78 is 11.4. The maximum atomic E-state index is 11.8. The Morgan fingerprint density at radius 2 is 2.15 bits per heavy atom. The first-order chi connectivity index (χ1) is 9.43. The van der Waals surface area contributed by atoms with Gasteiger partial charge in [-0.1, -0.05) is 0 Å². The SMILES string of the molecule is COc1ccc(OC2(C)CCCN(C)C2)c(C(C)=O)c1. The van der Waals surface area contributed by atoms with Crippen molar-refractivity contribution in [2.24, 2.45) is 0 Å². The predicted octanol–water partition coefficient (Wildman–Crippen LogP) is 2.76. The summed E-state index contributed by atoms with van der Waals surface area (Å²) in [5.41, 5.74) is 0.338. The molecule has 1 heterocycles. The van der Waals surface area contributed by atoms with Gasteiger partial charge in [0.05, 0.1) is 12.7 Å². The third kappa shape index (κ3) is 3.31. The Labute approximate surface area is 120 Å². The number of carbonyl (C=O) groups is 1. The molecule has 0 amide bonds. The zero-order valence-corrected chi connectivity index (χ0v) is 12.7. The van der Waals surface area contributed by atoms with Crippen LogP contribution in [0.2, 0.25) is 0 Å². The van der Waals surface area contributed by atoms with Crippen LogP contribution in [-0.2, 0) is 0 Å². The number of likely N-dealkylation sites (tertiary alicyclic amines) is 1. The Morgan fingerprint density at radius 1 is 1.40 bits per heavy atom. The van der Waals surface area contributed by atoms with E-state index in [9.17, 15) is 4.79 Å². The summed E-state index contributed by atoms with van der Waals surface area (Å²) in [6.07, 6.45) is 2.11. The minimum atomic E-state index is -0.244. The highest BCUT2D eigenvalue weighted by Gasteiger charge is 2.32. The molecule has 1 unspecified atom stereocenters. The number of likely N-dealkylation sites (N-methyl/N-ethyl adjacent to an activating group) is 1. The fourth-order valence-electron chi connectivity index (χ4n) is 2.80. The van der Waals surface area contributed by atoms with Gasteiger partial charge in [0.2, 0.25) is 0 Å². The minimum Gasteiger partial charge on any atom is -0.497 e. The van der Waals surface area contributed by atoms with Crippen LogP contribution in [-0.4, -0.2) is 43.5 Å². The number of methoxy groups -OCH3 is 1. The van der Waals surface area contributed by atoms with Crippen molar-refractivity contribution in [2.45, 2.75) is 32.3 Å². The zero-order chi connectivity index (χ0) is 14.8. The number of ketones is 1. The largest absolute Gasteiger partial charge is 0.497 e. The van der Waals surface area contributed by atoms with Crippen LogP contribution in [0.15, 0.2) is 18.2 Å². The van der Waals surface area contributed by atoms with E-state index in [4.69, 9.17) is 9.47 Å². The van der Waals surface area contributed by atoms with Gasteiger partial charge >= 0.3 is 0 Å². The van der Waals surface area contributed by atoms with E-state index in [1.807, 2.05) is 12.1 Å². The second-order valence-corrected chi connectivity index (χ2v) is 5.81. The van der Waals surface area contributed by atoms with Crippen molar-refractivity contribution in [3.63, 3.8) is 0 Å². The molecule has 1 atom stereocenters. The van der Waals surface area contributed by atoms with Crippen molar-refractivity contribution in [1.29, 1.82) is 0 Å². The van der Waals surface area contributed by atoms with E-state index < -0.39 is 0 Å². The number of benzene rings is 1.